The van der Waals surface area contributed by atoms with Gasteiger partial charge in [0.15, 0.2) is 0 Å². The maximum absolute atomic E-state index is 12.4. The Kier molecular flexibility index (Phi) is 5.35. The first-order valence-corrected chi connectivity index (χ1v) is 7.06. The lowest BCUT2D eigenvalue weighted by molar-refractivity contribution is 0.102. The fourth-order valence-corrected chi connectivity index (χ4v) is 2.14. The molecule has 0 atom stereocenters. The van der Waals surface area contributed by atoms with Crippen LogP contribution in [0.15, 0.2) is 48.5 Å². The molecule has 2 rings (SSSR count). The van der Waals surface area contributed by atoms with Gasteiger partial charge in [0, 0.05) is 17.3 Å². The molecule has 4 nitrogen and oxygen atoms in total. The topological polar surface area (TPSA) is 64.3 Å². The first kappa shape index (κ1) is 15.1. The lowest BCUT2D eigenvalue weighted by Gasteiger charge is -2.10. The smallest absolute Gasteiger partial charge is 0.255 e. The molecule has 3 N–H and O–H groups in total. The van der Waals surface area contributed by atoms with Crippen LogP contribution < -0.4 is 15.8 Å². The van der Waals surface area contributed by atoms with Crippen LogP contribution in [0.2, 0.25) is 0 Å². The molecule has 21 heavy (non-hydrogen) atoms. The summed E-state index contributed by atoms with van der Waals surface area (Å²) in [5, 5.41) is 2.90. The van der Waals surface area contributed by atoms with Crippen molar-refractivity contribution in [3.63, 3.8) is 0 Å². The average molecular weight is 284 g/mol. The Hall–Kier alpha value is -2.33. The van der Waals surface area contributed by atoms with Crippen molar-refractivity contribution in [1.82, 2.24) is 0 Å². The Morgan fingerprint density at radius 3 is 2.76 bits per heavy atom. The van der Waals surface area contributed by atoms with Crippen molar-refractivity contribution in [2.45, 2.75) is 13.3 Å². The van der Waals surface area contributed by atoms with Gasteiger partial charge in [-0.05, 0) is 43.7 Å². The zero-order chi connectivity index (χ0) is 15.1. The summed E-state index contributed by atoms with van der Waals surface area (Å²) < 4.78 is 5.43. The number of anilines is 1. The minimum absolute atomic E-state index is 0.132. The minimum atomic E-state index is -0.132. The average Bonchev–Trinajstić information content (AvgIpc) is 2.49. The van der Waals surface area contributed by atoms with Crippen molar-refractivity contribution in [3.05, 3.63) is 59.7 Å². The van der Waals surface area contributed by atoms with Gasteiger partial charge in [0.1, 0.15) is 5.75 Å². The second-order valence-electron chi connectivity index (χ2n) is 4.61. The van der Waals surface area contributed by atoms with Crippen molar-refractivity contribution in [2.24, 2.45) is 5.73 Å². The van der Waals surface area contributed by atoms with Crippen molar-refractivity contribution < 1.29 is 9.53 Å². The molecule has 0 heterocycles. The van der Waals surface area contributed by atoms with Gasteiger partial charge in [0.25, 0.3) is 5.91 Å². The molecule has 1 amide bonds. The fraction of sp³-hybridized carbons (Fsp3) is 0.235. The molecule has 0 fully saturated rings. The van der Waals surface area contributed by atoms with Crippen LogP contribution in [0.25, 0.3) is 0 Å². The largest absolute Gasteiger partial charge is 0.494 e. The molecule has 0 radical (unpaired) electrons. The predicted octanol–water partition coefficient (Wildman–Crippen LogP) is 2.84. The summed E-state index contributed by atoms with van der Waals surface area (Å²) in [6.07, 6.45) is 0.683. The number of hydrogen-bond acceptors (Lipinski definition) is 3. The van der Waals surface area contributed by atoms with Crippen LogP contribution in [-0.4, -0.2) is 19.1 Å². The predicted molar refractivity (Wildman–Crippen MR) is 84.8 cm³/mol. The van der Waals surface area contributed by atoms with Gasteiger partial charge >= 0.3 is 0 Å². The molecule has 0 aromatic heterocycles. The number of carbonyl (C=O) groups excluding carboxylic acids is 1. The number of amides is 1. The number of ether oxygens (including phenoxy) is 1. The van der Waals surface area contributed by atoms with E-state index in [0.29, 0.717) is 30.8 Å². The molecule has 0 aliphatic rings. The molecule has 4 heteroatoms. The van der Waals surface area contributed by atoms with E-state index in [1.807, 2.05) is 55.5 Å². The highest BCUT2D eigenvalue weighted by Gasteiger charge is 2.10. The Bertz CT molecular complexity index is 611. The summed E-state index contributed by atoms with van der Waals surface area (Å²) in [5.74, 6) is 0.609. The van der Waals surface area contributed by atoms with E-state index in [0.717, 1.165) is 11.3 Å². The van der Waals surface area contributed by atoms with E-state index < -0.39 is 0 Å². The number of carbonyl (C=O) groups is 1. The monoisotopic (exact) mass is 284 g/mol. The molecule has 0 unspecified atom stereocenters. The Labute approximate surface area is 124 Å². The van der Waals surface area contributed by atoms with E-state index in [-0.39, 0.29) is 5.91 Å². The van der Waals surface area contributed by atoms with E-state index in [4.69, 9.17) is 10.5 Å². The molecule has 0 saturated carbocycles. The van der Waals surface area contributed by atoms with E-state index in [2.05, 4.69) is 5.32 Å². The fourth-order valence-electron chi connectivity index (χ4n) is 2.14. The highest BCUT2D eigenvalue weighted by molar-refractivity contribution is 6.05. The van der Waals surface area contributed by atoms with Crippen LogP contribution in [0.3, 0.4) is 0 Å². The van der Waals surface area contributed by atoms with E-state index in [1.165, 1.54) is 0 Å². The van der Waals surface area contributed by atoms with Gasteiger partial charge in [-0.15, -0.1) is 0 Å². The summed E-state index contributed by atoms with van der Waals surface area (Å²) in [6, 6.07) is 14.9. The van der Waals surface area contributed by atoms with E-state index in [9.17, 15) is 4.79 Å². The lowest BCUT2D eigenvalue weighted by Crippen LogP contribution is -2.16. The van der Waals surface area contributed by atoms with Crippen molar-refractivity contribution in [3.8, 4) is 5.75 Å². The van der Waals surface area contributed by atoms with Crippen LogP contribution >= 0.6 is 0 Å². The Balaban J connectivity index is 2.16. The third kappa shape index (κ3) is 4.07. The highest BCUT2D eigenvalue weighted by atomic mass is 16.5. The highest BCUT2D eigenvalue weighted by Crippen LogP contribution is 2.19. The number of benzene rings is 2. The third-order valence-corrected chi connectivity index (χ3v) is 3.08. The first-order valence-electron chi connectivity index (χ1n) is 7.06. The second kappa shape index (κ2) is 7.45. The van der Waals surface area contributed by atoms with Crippen LogP contribution in [0.1, 0.15) is 22.8 Å². The normalized spacial score (nSPS) is 10.2. The summed E-state index contributed by atoms with van der Waals surface area (Å²) >= 11 is 0. The molecule has 0 bridgehead atoms. The number of rotatable bonds is 6. The zero-order valence-corrected chi connectivity index (χ0v) is 12.1. The van der Waals surface area contributed by atoms with Crippen LogP contribution in [0.5, 0.6) is 5.75 Å². The van der Waals surface area contributed by atoms with Crippen LogP contribution in [-0.2, 0) is 6.42 Å². The molecule has 2 aromatic carbocycles. The van der Waals surface area contributed by atoms with Gasteiger partial charge < -0.3 is 15.8 Å². The summed E-state index contributed by atoms with van der Waals surface area (Å²) in [7, 11) is 0. The van der Waals surface area contributed by atoms with Crippen LogP contribution in [0, 0.1) is 0 Å². The molecule has 0 aliphatic heterocycles. The zero-order valence-electron chi connectivity index (χ0n) is 12.1. The van der Waals surface area contributed by atoms with Crippen molar-refractivity contribution in [1.29, 1.82) is 0 Å². The molecular formula is C17H20N2O2. The molecule has 0 aliphatic carbocycles. The van der Waals surface area contributed by atoms with Crippen molar-refractivity contribution in [2.75, 3.05) is 18.5 Å². The standard InChI is InChI=1S/C17H20N2O2/c1-2-21-15-8-5-7-14(12-15)19-17(20)16-9-4-3-6-13(16)10-11-18/h3-9,12H,2,10-11,18H2,1H3,(H,19,20). The molecule has 0 saturated heterocycles. The second-order valence-corrected chi connectivity index (χ2v) is 4.61. The van der Waals surface area contributed by atoms with Gasteiger partial charge in [0.05, 0.1) is 6.61 Å². The SMILES string of the molecule is CCOc1cccc(NC(=O)c2ccccc2CCN)c1. The van der Waals surface area contributed by atoms with Crippen LogP contribution in [0.4, 0.5) is 5.69 Å². The first-order chi connectivity index (χ1) is 10.2. The van der Waals surface area contributed by atoms with E-state index in [1.54, 1.807) is 0 Å². The van der Waals surface area contributed by atoms with E-state index >= 15 is 0 Å². The molecule has 110 valence electrons. The number of hydrogen-bond donors (Lipinski definition) is 2. The minimum Gasteiger partial charge on any atom is -0.494 e. The summed E-state index contributed by atoms with van der Waals surface area (Å²) in [5.41, 5.74) is 7.92. The van der Waals surface area contributed by atoms with Gasteiger partial charge in [-0.2, -0.15) is 0 Å². The summed E-state index contributed by atoms with van der Waals surface area (Å²) in [6.45, 7) is 3.04. The van der Waals surface area contributed by atoms with Crippen molar-refractivity contribution >= 4 is 11.6 Å². The molecule has 0 spiro atoms. The molecule has 2 aromatic rings. The number of nitrogens with two attached hydrogens (primary N) is 1. The lowest BCUT2D eigenvalue weighted by atomic mass is 10.0. The molecular weight excluding hydrogens is 264 g/mol. The maximum atomic E-state index is 12.4. The van der Waals surface area contributed by atoms with Gasteiger partial charge in [-0.3, -0.25) is 4.79 Å². The third-order valence-electron chi connectivity index (χ3n) is 3.08. The Morgan fingerprint density at radius 2 is 2.00 bits per heavy atom. The summed E-state index contributed by atoms with van der Waals surface area (Å²) in [4.78, 5) is 12.4. The maximum Gasteiger partial charge on any atom is 0.255 e. The quantitative estimate of drug-likeness (QED) is 0.857. The number of nitrogens with one attached hydrogen (secondary N) is 1. The van der Waals surface area contributed by atoms with Gasteiger partial charge in [-0.25, -0.2) is 0 Å². The Morgan fingerprint density at radius 1 is 1.19 bits per heavy atom. The van der Waals surface area contributed by atoms with Gasteiger partial charge in [-0.1, -0.05) is 24.3 Å². The van der Waals surface area contributed by atoms with Gasteiger partial charge in [0.2, 0.25) is 0 Å².